The summed E-state index contributed by atoms with van der Waals surface area (Å²) in [5.41, 5.74) is 1.49. The molecule has 4 heteroatoms. The first kappa shape index (κ1) is 12.0. The molecule has 0 heterocycles. The Morgan fingerprint density at radius 2 is 1.83 bits per heavy atom. The van der Waals surface area contributed by atoms with Crippen LogP contribution in [0.2, 0.25) is 0 Å². The molecule has 2 rings (SSSR count). The first-order valence-corrected chi connectivity index (χ1v) is 5.41. The van der Waals surface area contributed by atoms with E-state index in [1.807, 2.05) is 18.2 Å². The summed E-state index contributed by atoms with van der Waals surface area (Å²) in [6.07, 6.45) is 0. The topological polar surface area (TPSA) is 62.0 Å². The number of ether oxygens (including phenoxy) is 1. The van der Waals surface area contributed by atoms with Crippen LogP contribution in [-0.2, 0) is 0 Å². The highest BCUT2D eigenvalue weighted by atomic mass is 16.5. The van der Waals surface area contributed by atoms with Crippen molar-refractivity contribution in [3.8, 4) is 11.5 Å². The fourth-order valence-electron chi connectivity index (χ4n) is 1.70. The van der Waals surface area contributed by atoms with E-state index in [9.17, 15) is 5.11 Å². The summed E-state index contributed by atoms with van der Waals surface area (Å²) in [7, 11) is 1.52. The number of methoxy groups -OCH3 is 1. The summed E-state index contributed by atoms with van der Waals surface area (Å²) < 4.78 is 5.01. The lowest BCUT2D eigenvalue weighted by atomic mass is 10.0. The fourth-order valence-corrected chi connectivity index (χ4v) is 1.70. The van der Waals surface area contributed by atoms with Gasteiger partial charge in [-0.25, -0.2) is 0 Å². The minimum atomic E-state index is 0.00556. The molecule has 92 valence electrons. The maximum Gasteiger partial charge on any atom is 0.128 e. The average Bonchev–Trinajstić information content (AvgIpc) is 2.42. The van der Waals surface area contributed by atoms with Crippen LogP contribution in [0.25, 0.3) is 0 Å². The summed E-state index contributed by atoms with van der Waals surface area (Å²) >= 11 is 0. The van der Waals surface area contributed by atoms with Crippen molar-refractivity contribution in [1.29, 1.82) is 0 Å². The first-order valence-electron chi connectivity index (χ1n) is 5.41. The van der Waals surface area contributed by atoms with E-state index >= 15 is 0 Å². The molecule has 0 aromatic heterocycles. The second kappa shape index (κ2) is 5.23. The van der Waals surface area contributed by atoms with Crippen LogP contribution in [0.3, 0.4) is 0 Å². The van der Waals surface area contributed by atoms with Crippen molar-refractivity contribution in [2.45, 2.75) is 0 Å². The minimum absolute atomic E-state index is 0.00556. The number of aromatic hydroxyl groups is 1. The van der Waals surface area contributed by atoms with Crippen molar-refractivity contribution in [1.82, 2.24) is 0 Å². The summed E-state index contributed by atoms with van der Waals surface area (Å²) in [4.78, 5) is 0. The zero-order valence-electron chi connectivity index (χ0n) is 9.87. The largest absolute Gasteiger partial charge is 0.507 e. The molecule has 0 amide bonds. The first-order chi connectivity index (χ1) is 8.76. The minimum Gasteiger partial charge on any atom is -0.507 e. The van der Waals surface area contributed by atoms with E-state index in [4.69, 9.17) is 9.94 Å². The van der Waals surface area contributed by atoms with Crippen LogP contribution >= 0.6 is 0 Å². The summed E-state index contributed by atoms with van der Waals surface area (Å²) in [5, 5.41) is 22.3. The van der Waals surface area contributed by atoms with Crippen LogP contribution in [0.1, 0.15) is 11.1 Å². The molecule has 2 N–H and O–H groups in total. The standard InChI is InChI=1S/C14H13NO3/c1-18-11-7-8-12(13(16)9-11)14(15-17)10-5-3-2-4-6-10/h2-9,16-17H,1H3/b15-14-. The normalized spacial score (nSPS) is 11.3. The third-order valence-electron chi connectivity index (χ3n) is 2.61. The average molecular weight is 243 g/mol. The molecule has 0 saturated heterocycles. The SMILES string of the molecule is COc1ccc(/C(=N\O)c2ccccc2)c(O)c1. The zero-order valence-corrected chi connectivity index (χ0v) is 9.87. The molecule has 0 fully saturated rings. The molecule has 0 unspecified atom stereocenters. The maximum atomic E-state index is 9.91. The van der Waals surface area contributed by atoms with Crippen molar-refractivity contribution in [3.05, 3.63) is 59.7 Å². The Hall–Kier alpha value is -2.49. The number of hydrogen-bond donors (Lipinski definition) is 2. The lowest BCUT2D eigenvalue weighted by Crippen LogP contribution is -2.03. The van der Waals surface area contributed by atoms with E-state index in [1.165, 1.54) is 13.2 Å². The number of benzene rings is 2. The number of hydrogen-bond acceptors (Lipinski definition) is 4. The van der Waals surface area contributed by atoms with Gasteiger partial charge in [-0.15, -0.1) is 0 Å². The van der Waals surface area contributed by atoms with Crippen molar-refractivity contribution in [2.75, 3.05) is 7.11 Å². The molecule has 4 nitrogen and oxygen atoms in total. The third kappa shape index (κ3) is 2.27. The van der Waals surface area contributed by atoms with Crippen LogP contribution in [0.15, 0.2) is 53.7 Å². The van der Waals surface area contributed by atoms with Crippen LogP contribution < -0.4 is 4.74 Å². The van der Waals surface area contributed by atoms with E-state index < -0.39 is 0 Å². The number of nitrogens with zero attached hydrogens (tertiary/aromatic N) is 1. The van der Waals surface area contributed by atoms with Gasteiger partial charge in [-0.3, -0.25) is 0 Å². The number of phenolic OH excluding ortho intramolecular Hbond substituents is 1. The van der Waals surface area contributed by atoms with E-state index in [-0.39, 0.29) is 5.75 Å². The molecule has 0 aliphatic heterocycles. The highest BCUT2D eigenvalue weighted by molar-refractivity contribution is 6.14. The molecule has 18 heavy (non-hydrogen) atoms. The molecule has 2 aromatic carbocycles. The van der Waals surface area contributed by atoms with Gasteiger partial charge in [-0.1, -0.05) is 35.5 Å². The Kier molecular flexibility index (Phi) is 3.48. The van der Waals surface area contributed by atoms with Gasteiger partial charge in [0.05, 0.1) is 7.11 Å². The van der Waals surface area contributed by atoms with Gasteiger partial charge in [-0.2, -0.15) is 0 Å². The fraction of sp³-hybridized carbons (Fsp3) is 0.0714. The van der Waals surface area contributed by atoms with Gasteiger partial charge in [0.1, 0.15) is 17.2 Å². The van der Waals surface area contributed by atoms with Gasteiger partial charge in [0, 0.05) is 17.2 Å². The molecule has 0 saturated carbocycles. The monoisotopic (exact) mass is 243 g/mol. The quantitative estimate of drug-likeness (QED) is 0.495. The van der Waals surface area contributed by atoms with Gasteiger partial charge in [-0.05, 0) is 12.1 Å². The Bertz CT molecular complexity index is 565. The molecular formula is C14H13NO3. The Morgan fingerprint density at radius 3 is 2.39 bits per heavy atom. The predicted octanol–water partition coefficient (Wildman–Crippen LogP) is 2.63. The highest BCUT2D eigenvalue weighted by Gasteiger charge is 2.12. The Balaban J connectivity index is 2.47. The molecule has 0 bridgehead atoms. The molecule has 2 aromatic rings. The smallest absolute Gasteiger partial charge is 0.128 e. The Morgan fingerprint density at radius 1 is 1.11 bits per heavy atom. The molecule has 0 atom stereocenters. The number of phenols is 1. The lowest BCUT2D eigenvalue weighted by molar-refractivity contribution is 0.319. The van der Waals surface area contributed by atoms with Crippen LogP contribution in [0.4, 0.5) is 0 Å². The van der Waals surface area contributed by atoms with Gasteiger partial charge in [0.2, 0.25) is 0 Å². The van der Waals surface area contributed by atoms with E-state index in [2.05, 4.69) is 5.16 Å². The van der Waals surface area contributed by atoms with E-state index in [0.717, 1.165) is 5.56 Å². The van der Waals surface area contributed by atoms with Gasteiger partial charge in [0.25, 0.3) is 0 Å². The molecule has 0 aliphatic carbocycles. The summed E-state index contributed by atoms with van der Waals surface area (Å²) in [5.74, 6) is 0.549. The van der Waals surface area contributed by atoms with Gasteiger partial charge < -0.3 is 15.1 Å². The maximum absolute atomic E-state index is 9.91. The number of rotatable bonds is 3. The van der Waals surface area contributed by atoms with Crippen molar-refractivity contribution < 1.29 is 15.1 Å². The van der Waals surface area contributed by atoms with Crippen LogP contribution in [0.5, 0.6) is 11.5 Å². The second-order valence-corrected chi connectivity index (χ2v) is 3.70. The van der Waals surface area contributed by atoms with Crippen LogP contribution in [0, 0.1) is 0 Å². The molecular weight excluding hydrogens is 230 g/mol. The predicted molar refractivity (Wildman–Crippen MR) is 68.5 cm³/mol. The highest BCUT2D eigenvalue weighted by Crippen LogP contribution is 2.26. The second-order valence-electron chi connectivity index (χ2n) is 3.70. The zero-order chi connectivity index (χ0) is 13.0. The summed E-state index contributed by atoms with van der Waals surface area (Å²) in [6.45, 7) is 0. The molecule has 0 spiro atoms. The Labute approximate surface area is 105 Å². The van der Waals surface area contributed by atoms with Crippen molar-refractivity contribution in [2.24, 2.45) is 5.16 Å². The lowest BCUT2D eigenvalue weighted by Gasteiger charge is -2.08. The van der Waals surface area contributed by atoms with Gasteiger partial charge in [0.15, 0.2) is 0 Å². The van der Waals surface area contributed by atoms with Crippen molar-refractivity contribution in [3.63, 3.8) is 0 Å². The summed E-state index contributed by atoms with van der Waals surface area (Å²) in [6, 6.07) is 14.0. The third-order valence-corrected chi connectivity index (χ3v) is 2.61. The number of oxime groups is 1. The van der Waals surface area contributed by atoms with Gasteiger partial charge >= 0.3 is 0 Å². The molecule has 0 aliphatic rings. The van der Waals surface area contributed by atoms with Crippen LogP contribution in [-0.4, -0.2) is 23.1 Å². The van der Waals surface area contributed by atoms with E-state index in [0.29, 0.717) is 17.0 Å². The molecule has 0 radical (unpaired) electrons. The van der Waals surface area contributed by atoms with Crippen molar-refractivity contribution >= 4 is 5.71 Å². The van der Waals surface area contributed by atoms with E-state index in [1.54, 1.807) is 24.3 Å².